The van der Waals surface area contributed by atoms with Crippen LogP contribution in [0.4, 0.5) is 28.8 Å². The molecule has 0 spiro atoms. The number of benzene rings is 1. The van der Waals surface area contributed by atoms with E-state index in [1.54, 1.807) is 50.4 Å². The predicted octanol–water partition coefficient (Wildman–Crippen LogP) is 4.07. The first-order valence-corrected chi connectivity index (χ1v) is 11.1. The largest absolute Gasteiger partial charge is 0.360 e. The summed E-state index contributed by atoms with van der Waals surface area (Å²) in [6.45, 7) is 5.12. The summed E-state index contributed by atoms with van der Waals surface area (Å²) < 4.78 is 32.8. The van der Waals surface area contributed by atoms with Gasteiger partial charge in [0.05, 0.1) is 0 Å². The monoisotopic (exact) mass is 451 g/mol. The van der Waals surface area contributed by atoms with Gasteiger partial charge in [-0.15, -0.1) is 0 Å². The van der Waals surface area contributed by atoms with Gasteiger partial charge in [0.25, 0.3) is 10.0 Å². The van der Waals surface area contributed by atoms with Gasteiger partial charge in [0.1, 0.15) is 29.5 Å². The highest BCUT2D eigenvalue weighted by atomic mass is 32.2. The van der Waals surface area contributed by atoms with E-state index in [1.165, 1.54) is 6.33 Å². The lowest BCUT2D eigenvalue weighted by Gasteiger charge is -2.10. The molecule has 0 saturated carbocycles. The van der Waals surface area contributed by atoms with Crippen LogP contribution in [0.1, 0.15) is 17.0 Å². The Hall–Kier alpha value is -3.99. The van der Waals surface area contributed by atoms with Gasteiger partial charge in [0.2, 0.25) is 0 Å². The molecule has 10 nitrogen and oxygen atoms in total. The maximum atomic E-state index is 12.6. The third-order valence-electron chi connectivity index (χ3n) is 4.48. The van der Waals surface area contributed by atoms with Gasteiger partial charge in [-0.25, -0.2) is 23.4 Å². The lowest BCUT2D eigenvalue weighted by Crippen LogP contribution is -2.14. The van der Waals surface area contributed by atoms with Gasteiger partial charge >= 0.3 is 0 Å². The molecule has 0 aliphatic carbocycles. The average Bonchev–Trinajstić information content (AvgIpc) is 3.08. The Balaban J connectivity index is 1.45. The number of hydrogen-bond acceptors (Lipinski definition) is 9. The number of pyridine rings is 1. The van der Waals surface area contributed by atoms with Crippen molar-refractivity contribution in [2.75, 3.05) is 15.4 Å². The lowest BCUT2D eigenvalue weighted by molar-refractivity contribution is 0.390. The average molecular weight is 452 g/mol. The number of nitrogens with one attached hydrogen (secondary N) is 3. The quantitative estimate of drug-likeness (QED) is 0.380. The summed E-state index contributed by atoms with van der Waals surface area (Å²) in [5.41, 5.74) is 2.53. The fourth-order valence-corrected chi connectivity index (χ4v) is 4.45. The topological polar surface area (TPSA) is 135 Å². The Morgan fingerprint density at radius 2 is 1.47 bits per heavy atom. The van der Waals surface area contributed by atoms with Crippen LogP contribution in [0.3, 0.4) is 0 Å². The molecule has 3 aromatic heterocycles. The van der Waals surface area contributed by atoms with Crippen LogP contribution in [0.2, 0.25) is 0 Å². The van der Waals surface area contributed by atoms with Crippen molar-refractivity contribution < 1.29 is 12.9 Å². The standard InChI is InChI=1S/C21H21N7O3S/c1-13-8-9-22-18(10-13)26-20-11-19(23-12-24-20)25-16-4-6-17(7-5-16)28-32(29,30)21-14(2)27-31-15(21)3/h4-12,28H,1-3H3,(H2,22,23,24,25,26). The Bertz CT molecular complexity index is 1330. The van der Waals surface area contributed by atoms with Gasteiger partial charge in [0.15, 0.2) is 10.7 Å². The SMILES string of the molecule is Cc1ccnc(Nc2cc(Nc3ccc(NS(=O)(=O)c4c(C)noc4C)cc3)ncn2)c1. The molecule has 0 atom stereocenters. The number of hydrogen-bond donors (Lipinski definition) is 3. The molecular weight excluding hydrogens is 430 g/mol. The van der Waals surface area contributed by atoms with Crippen LogP contribution in [-0.2, 0) is 10.0 Å². The summed E-state index contributed by atoms with van der Waals surface area (Å²) in [6, 6.07) is 12.3. The van der Waals surface area contributed by atoms with E-state index in [0.717, 1.165) is 11.3 Å². The lowest BCUT2D eigenvalue weighted by atomic mass is 10.3. The molecule has 0 fully saturated rings. The molecule has 4 rings (SSSR count). The number of sulfonamides is 1. The second-order valence-electron chi connectivity index (χ2n) is 7.09. The minimum Gasteiger partial charge on any atom is -0.360 e. The zero-order valence-electron chi connectivity index (χ0n) is 17.6. The van der Waals surface area contributed by atoms with Crippen molar-refractivity contribution in [3.8, 4) is 0 Å². The fraction of sp³-hybridized carbons (Fsp3) is 0.143. The molecule has 164 valence electrons. The summed E-state index contributed by atoms with van der Waals surface area (Å²) in [5.74, 6) is 2.08. The molecule has 3 N–H and O–H groups in total. The molecule has 3 heterocycles. The molecule has 0 amide bonds. The smallest absolute Gasteiger partial charge is 0.267 e. The maximum Gasteiger partial charge on any atom is 0.267 e. The van der Waals surface area contributed by atoms with Crippen molar-refractivity contribution in [1.29, 1.82) is 0 Å². The second-order valence-corrected chi connectivity index (χ2v) is 8.71. The summed E-state index contributed by atoms with van der Waals surface area (Å²) in [6.07, 6.45) is 3.16. The van der Waals surface area contributed by atoms with Gasteiger partial charge in [-0.1, -0.05) is 5.16 Å². The van der Waals surface area contributed by atoms with Crippen LogP contribution in [0, 0.1) is 20.8 Å². The molecule has 1 aromatic carbocycles. The molecule has 0 bridgehead atoms. The minimum absolute atomic E-state index is 0.0452. The van der Waals surface area contributed by atoms with Gasteiger partial charge in [-0.3, -0.25) is 4.72 Å². The van der Waals surface area contributed by atoms with Crippen molar-refractivity contribution in [2.24, 2.45) is 0 Å². The van der Waals surface area contributed by atoms with E-state index in [-0.39, 0.29) is 10.7 Å². The van der Waals surface area contributed by atoms with Crippen LogP contribution >= 0.6 is 0 Å². The summed E-state index contributed by atoms with van der Waals surface area (Å²) in [7, 11) is -3.80. The first kappa shape index (κ1) is 21.2. The normalized spacial score (nSPS) is 11.2. The molecule has 32 heavy (non-hydrogen) atoms. The van der Waals surface area contributed by atoms with Gasteiger partial charge in [-0.05, 0) is 62.7 Å². The first-order valence-electron chi connectivity index (χ1n) is 9.65. The number of aromatic nitrogens is 4. The summed E-state index contributed by atoms with van der Waals surface area (Å²) >= 11 is 0. The molecule has 0 radical (unpaired) electrons. The van der Waals surface area contributed by atoms with Crippen molar-refractivity contribution in [3.63, 3.8) is 0 Å². The van der Waals surface area contributed by atoms with E-state index >= 15 is 0 Å². The van der Waals surface area contributed by atoms with Gasteiger partial charge in [0, 0.05) is 23.6 Å². The summed E-state index contributed by atoms with van der Waals surface area (Å²) in [4.78, 5) is 12.7. The summed E-state index contributed by atoms with van der Waals surface area (Å²) in [5, 5.41) is 10.00. The van der Waals surface area contributed by atoms with E-state index in [9.17, 15) is 8.42 Å². The molecule has 0 unspecified atom stereocenters. The molecule has 0 aliphatic rings. The number of nitrogens with zero attached hydrogens (tertiary/aromatic N) is 4. The highest BCUT2D eigenvalue weighted by Crippen LogP contribution is 2.24. The highest BCUT2D eigenvalue weighted by Gasteiger charge is 2.24. The Morgan fingerprint density at radius 1 is 0.812 bits per heavy atom. The number of aryl methyl sites for hydroxylation is 3. The van der Waals surface area contributed by atoms with Crippen molar-refractivity contribution in [1.82, 2.24) is 20.1 Å². The predicted molar refractivity (Wildman–Crippen MR) is 121 cm³/mol. The van der Waals surface area contributed by atoms with Crippen molar-refractivity contribution in [2.45, 2.75) is 25.7 Å². The van der Waals surface area contributed by atoms with Crippen LogP contribution in [-0.4, -0.2) is 28.5 Å². The Labute approximate surface area is 185 Å². The van der Waals surface area contributed by atoms with E-state index in [0.29, 0.717) is 28.8 Å². The van der Waals surface area contributed by atoms with Crippen molar-refractivity contribution in [3.05, 3.63) is 72.0 Å². The van der Waals surface area contributed by atoms with Gasteiger partial charge in [-0.2, -0.15) is 0 Å². The molecule has 0 saturated heterocycles. The third kappa shape index (κ3) is 4.83. The third-order valence-corrected chi connectivity index (χ3v) is 6.11. The van der Waals surface area contributed by atoms with Crippen LogP contribution in [0.5, 0.6) is 0 Å². The van der Waals surface area contributed by atoms with Crippen LogP contribution < -0.4 is 15.4 Å². The second kappa shape index (κ2) is 8.63. The van der Waals surface area contributed by atoms with Crippen molar-refractivity contribution >= 4 is 38.9 Å². The molecule has 11 heteroatoms. The zero-order valence-corrected chi connectivity index (χ0v) is 18.4. The van der Waals surface area contributed by atoms with E-state index in [1.807, 2.05) is 19.1 Å². The van der Waals surface area contributed by atoms with E-state index in [4.69, 9.17) is 4.52 Å². The Kier molecular flexibility index (Phi) is 5.73. The minimum atomic E-state index is -3.80. The highest BCUT2D eigenvalue weighted by molar-refractivity contribution is 7.92. The zero-order chi connectivity index (χ0) is 22.7. The van der Waals surface area contributed by atoms with E-state index in [2.05, 4.69) is 35.5 Å². The van der Waals surface area contributed by atoms with Crippen LogP contribution in [0.15, 0.2) is 64.4 Å². The number of anilines is 5. The maximum absolute atomic E-state index is 12.6. The van der Waals surface area contributed by atoms with Crippen LogP contribution in [0.25, 0.3) is 0 Å². The molecule has 4 aromatic rings. The van der Waals surface area contributed by atoms with Gasteiger partial charge < -0.3 is 15.2 Å². The molecule has 0 aliphatic heterocycles. The Morgan fingerprint density at radius 3 is 2.12 bits per heavy atom. The fourth-order valence-electron chi connectivity index (χ4n) is 3.06. The first-order chi connectivity index (χ1) is 15.3. The number of rotatable bonds is 7. The molecular formula is C21H21N7O3S. The van der Waals surface area contributed by atoms with E-state index < -0.39 is 10.0 Å².